The summed E-state index contributed by atoms with van der Waals surface area (Å²) in [5.74, 6) is -4.60. The van der Waals surface area contributed by atoms with Gasteiger partial charge in [-0.25, -0.2) is 9.59 Å². The fourth-order valence-electron chi connectivity index (χ4n) is 4.26. The molecule has 0 aliphatic carbocycles. The number of carboxylic acid groups (broad SMARTS) is 2. The predicted octanol–water partition coefficient (Wildman–Crippen LogP) is 5.89. The maximum atomic E-state index is 13.2. The Hall–Kier alpha value is -5.50. The van der Waals surface area contributed by atoms with Gasteiger partial charge in [0.15, 0.2) is 0 Å². The highest BCUT2D eigenvalue weighted by Crippen LogP contribution is 2.24. The number of nitrogens with one attached hydrogen (secondary N) is 2. The highest BCUT2D eigenvalue weighted by molar-refractivity contribution is 6.17. The molecule has 0 aromatic heterocycles. The van der Waals surface area contributed by atoms with Crippen molar-refractivity contribution in [2.75, 3.05) is 10.6 Å². The van der Waals surface area contributed by atoms with Crippen LogP contribution >= 0.6 is 0 Å². The Labute approximate surface area is 216 Å². The molecule has 186 valence electrons. The number of anilines is 2. The number of amides is 2. The van der Waals surface area contributed by atoms with Crippen LogP contribution in [0.5, 0.6) is 0 Å². The minimum absolute atomic E-state index is 0.348. The number of hydrogen-bond donors (Lipinski definition) is 4. The lowest BCUT2D eigenvalue weighted by molar-refractivity contribution is 0.0690. The van der Waals surface area contributed by atoms with E-state index in [1.54, 1.807) is 36.4 Å². The van der Waals surface area contributed by atoms with Gasteiger partial charge in [0.2, 0.25) is 0 Å². The number of benzene rings is 5. The van der Waals surface area contributed by atoms with Crippen molar-refractivity contribution in [1.82, 2.24) is 0 Å². The van der Waals surface area contributed by atoms with Gasteiger partial charge in [0.05, 0.1) is 22.3 Å². The van der Waals surface area contributed by atoms with Crippen molar-refractivity contribution < 1.29 is 29.4 Å². The summed E-state index contributed by atoms with van der Waals surface area (Å²) in [6.07, 6.45) is 0. The zero-order chi connectivity index (χ0) is 26.8. The van der Waals surface area contributed by atoms with E-state index in [1.165, 1.54) is 0 Å². The van der Waals surface area contributed by atoms with E-state index in [2.05, 4.69) is 10.6 Å². The summed E-state index contributed by atoms with van der Waals surface area (Å²) in [6.45, 7) is 0. The van der Waals surface area contributed by atoms with Crippen molar-refractivity contribution in [2.45, 2.75) is 0 Å². The number of rotatable bonds is 6. The van der Waals surface area contributed by atoms with Crippen LogP contribution in [0, 0.1) is 0 Å². The molecule has 8 nitrogen and oxygen atoms in total. The van der Waals surface area contributed by atoms with Crippen LogP contribution in [-0.2, 0) is 0 Å². The van der Waals surface area contributed by atoms with Gasteiger partial charge < -0.3 is 20.8 Å². The Bertz CT molecular complexity index is 1650. The van der Waals surface area contributed by atoms with Crippen molar-refractivity contribution in [1.29, 1.82) is 0 Å². The SMILES string of the molecule is O=C(O)c1cc(C(=O)O)c(C(=O)Nc2ccc3ccccc3c2)cc1C(=O)Nc1ccc2ccccc2c1. The first-order valence-electron chi connectivity index (χ1n) is 11.5. The molecule has 0 fully saturated rings. The van der Waals surface area contributed by atoms with Gasteiger partial charge in [-0.1, -0.05) is 60.7 Å². The first-order chi connectivity index (χ1) is 18.3. The molecule has 0 spiro atoms. The fourth-order valence-corrected chi connectivity index (χ4v) is 4.26. The second-order valence-corrected chi connectivity index (χ2v) is 8.59. The molecule has 4 N–H and O–H groups in total. The lowest BCUT2D eigenvalue weighted by atomic mass is 9.96. The molecule has 2 amide bonds. The minimum atomic E-state index is -1.50. The molecule has 0 aliphatic rings. The molecule has 0 heterocycles. The first-order valence-corrected chi connectivity index (χ1v) is 11.5. The summed E-state index contributed by atoms with van der Waals surface area (Å²) >= 11 is 0. The molecule has 38 heavy (non-hydrogen) atoms. The summed E-state index contributed by atoms with van der Waals surface area (Å²) in [7, 11) is 0. The third-order valence-electron chi connectivity index (χ3n) is 6.12. The Balaban J connectivity index is 1.52. The van der Waals surface area contributed by atoms with Gasteiger partial charge in [0, 0.05) is 11.4 Å². The normalized spacial score (nSPS) is 10.7. The maximum absolute atomic E-state index is 13.2. The Morgan fingerprint density at radius 3 is 1.21 bits per heavy atom. The summed E-state index contributed by atoms with van der Waals surface area (Å²) in [5.41, 5.74) is -0.950. The van der Waals surface area contributed by atoms with Gasteiger partial charge in [-0.15, -0.1) is 0 Å². The van der Waals surface area contributed by atoms with Gasteiger partial charge in [0.1, 0.15) is 0 Å². The smallest absolute Gasteiger partial charge is 0.336 e. The quantitative estimate of drug-likeness (QED) is 0.228. The number of hydrogen-bond acceptors (Lipinski definition) is 4. The Kier molecular flexibility index (Phi) is 6.28. The minimum Gasteiger partial charge on any atom is -0.478 e. The molecule has 5 aromatic rings. The molecule has 0 atom stereocenters. The molecule has 5 aromatic carbocycles. The van der Waals surface area contributed by atoms with E-state index in [1.807, 2.05) is 48.5 Å². The van der Waals surface area contributed by atoms with E-state index >= 15 is 0 Å². The van der Waals surface area contributed by atoms with E-state index in [4.69, 9.17) is 0 Å². The van der Waals surface area contributed by atoms with Gasteiger partial charge >= 0.3 is 11.9 Å². The average Bonchev–Trinajstić information content (AvgIpc) is 2.92. The standard InChI is InChI=1S/C30H20N2O6/c33-27(31-21-11-9-17-5-1-3-7-19(17)13-21)23-15-24(26(30(37)38)16-25(23)29(35)36)28(34)32-22-12-10-18-6-2-4-8-20(18)14-22/h1-16H,(H,31,33)(H,32,34)(H,35,36)(H,37,38). The molecular weight excluding hydrogens is 484 g/mol. The molecule has 5 rings (SSSR count). The van der Waals surface area contributed by atoms with Crippen LogP contribution in [0.25, 0.3) is 21.5 Å². The van der Waals surface area contributed by atoms with Crippen LogP contribution in [0.3, 0.4) is 0 Å². The van der Waals surface area contributed by atoms with E-state index in [0.29, 0.717) is 11.4 Å². The Morgan fingerprint density at radius 1 is 0.447 bits per heavy atom. The Morgan fingerprint density at radius 2 is 0.816 bits per heavy atom. The molecule has 0 saturated carbocycles. The summed E-state index contributed by atoms with van der Waals surface area (Å²) in [6, 6.07) is 27.2. The second-order valence-electron chi connectivity index (χ2n) is 8.59. The van der Waals surface area contributed by atoms with E-state index in [-0.39, 0.29) is 11.1 Å². The lowest BCUT2D eigenvalue weighted by Gasteiger charge is -2.14. The molecule has 0 aliphatic heterocycles. The van der Waals surface area contributed by atoms with E-state index in [0.717, 1.165) is 33.7 Å². The molecule has 0 unspecified atom stereocenters. The van der Waals surface area contributed by atoms with E-state index in [9.17, 15) is 29.4 Å². The van der Waals surface area contributed by atoms with Crippen LogP contribution in [0.15, 0.2) is 97.1 Å². The van der Waals surface area contributed by atoms with Gasteiger partial charge in [-0.3, -0.25) is 9.59 Å². The summed E-state index contributed by atoms with van der Waals surface area (Å²) < 4.78 is 0. The number of fused-ring (bicyclic) bond motifs is 2. The predicted molar refractivity (Wildman–Crippen MR) is 144 cm³/mol. The summed E-state index contributed by atoms with van der Waals surface area (Å²) in [4.78, 5) is 50.3. The molecule has 0 bridgehead atoms. The molecule has 0 saturated heterocycles. The fraction of sp³-hybridized carbons (Fsp3) is 0. The van der Waals surface area contributed by atoms with Crippen LogP contribution in [0.4, 0.5) is 11.4 Å². The van der Waals surface area contributed by atoms with Crippen molar-refractivity contribution in [3.8, 4) is 0 Å². The van der Waals surface area contributed by atoms with Crippen LogP contribution in [-0.4, -0.2) is 34.0 Å². The zero-order valence-corrected chi connectivity index (χ0v) is 19.8. The average molecular weight is 504 g/mol. The van der Waals surface area contributed by atoms with Crippen LogP contribution in [0.1, 0.15) is 41.4 Å². The lowest BCUT2D eigenvalue weighted by Crippen LogP contribution is -2.22. The third-order valence-corrected chi connectivity index (χ3v) is 6.12. The van der Waals surface area contributed by atoms with Crippen molar-refractivity contribution in [3.05, 3.63) is 119 Å². The van der Waals surface area contributed by atoms with Crippen LogP contribution in [0.2, 0.25) is 0 Å². The number of aromatic carboxylic acids is 2. The number of carbonyl (C=O) groups is 4. The number of carboxylic acids is 2. The maximum Gasteiger partial charge on any atom is 0.336 e. The van der Waals surface area contributed by atoms with Gasteiger partial charge in [-0.2, -0.15) is 0 Å². The van der Waals surface area contributed by atoms with Gasteiger partial charge in [-0.05, 0) is 57.9 Å². The molecule has 0 radical (unpaired) electrons. The molecule has 8 heteroatoms. The topological polar surface area (TPSA) is 133 Å². The van der Waals surface area contributed by atoms with Crippen molar-refractivity contribution in [2.24, 2.45) is 0 Å². The van der Waals surface area contributed by atoms with E-state index < -0.39 is 34.9 Å². The molecular formula is C30H20N2O6. The highest BCUT2D eigenvalue weighted by Gasteiger charge is 2.26. The van der Waals surface area contributed by atoms with Gasteiger partial charge in [0.25, 0.3) is 11.8 Å². The third kappa shape index (κ3) is 4.78. The highest BCUT2D eigenvalue weighted by atomic mass is 16.4. The summed E-state index contributed by atoms with van der Waals surface area (Å²) in [5, 5.41) is 28.4. The largest absolute Gasteiger partial charge is 0.478 e. The monoisotopic (exact) mass is 504 g/mol. The van der Waals surface area contributed by atoms with Crippen molar-refractivity contribution in [3.63, 3.8) is 0 Å². The second kappa shape index (κ2) is 9.87. The van der Waals surface area contributed by atoms with Crippen LogP contribution < -0.4 is 10.6 Å². The first kappa shape index (κ1) is 24.2. The zero-order valence-electron chi connectivity index (χ0n) is 19.8. The van der Waals surface area contributed by atoms with Crippen molar-refractivity contribution >= 4 is 56.7 Å². The number of carbonyl (C=O) groups excluding carboxylic acids is 2.